The number of methoxy groups -OCH3 is 1. The van der Waals surface area contributed by atoms with Gasteiger partial charge >= 0.3 is 12.2 Å². The van der Waals surface area contributed by atoms with Gasteiger partial charge in [-0.15, -0.1) is 0 Å². The molecule has 3 amide bonds. The smallest absolute Gasteiger partial charge is 0.383 e. The van der Waals surface area contributed by atoms with E-state index in [9.17, 15) is 22.8 Å². The molecule has 0 radical (unpaired) electrons. The zero-order chi connectivity index (χ0) is 28.1. The standard InChI is InChI=1S/C27H30F3N6O4/c1-39-23-14-40-7-3-22(23)33-20-9-19-13-36(25(38)35-6-4-31-16-35)15-26(19,10-20)24(37)34-5-2-21-17(12-34)8-18(11-32-21)27(28,29)30/h4,6,8-9,11,13,15,22-23,31,33H,2-3,5,7,10,12,14,16H2,1H3/q+1/t22-,23+,26-/m0/s1. The average Bonchev–Trinajstić information content (AvgIpc) is 3.67. The molecule has 1 aliphatic carbocycles. The van der Waals surface area contributed by atoms with Gasteiger partial charge in [-0.2, -0.15) is 27.4 Å². The van der Waals surface area contributed by atoms with E-state index in [0.717, 1.165) is 24.4 Å². The first-order valence-corrected chi connectivity index (χ1v) is 13.2. The van der Waals surface area contributed by atoms with E-state index in [1.807, 2.05) is 6.08 Å². The molecule has 0 saturated carbocycles. The minimum absolute atomic E-state index is 0.00909. The Labute approximate surface area is 228 Å². The van der Waals surface area contributed by atoms with Gasteiger partial charge in [-0.1, -0.05) is 0 Å². The maximum absolute atomic E-state index is 14.3. The summed E-state index contributed by atoms with van der Waals surface area (Å²) in [6.07, 6.45) is 6.02. The lowest BCUT2D eigenvalue weighted by Crippen LogP contribution is -2.49. The molecule has 5 aliphatic rings. The summed E-state index contributed by atoms with van der Waals surface area (Å²) >= 11 is 0. The third kappa shape index (κ3) is 4.66. The van der Waals surface area contributed by atoms with Crippen molar-refractivity contribution in [2.75, 3.05) is 33.5 Å². The SMILES string of the molecule is CO[C@@H]1COCC[C@@H]1NC1=CC2=C[N+](C(=O)N3C=CNC3)=C[C@@]2(C(=O)N2CCc3ncc(C(F)(F)F)cc3C2)C1. The van der Waals surface area contributed by atoms with Crippen LogP contribution < -0.4 is 10.6 Å². The number of nitrogens with one attached hydrogen (secondary N) is 2. The predicted octanol–water partition coefficient (Wildman–Crippen LogP) is 2.09. The van der Waals surface area contributed by atoms with Crippen LogP contribution >= 0.6 is 0 Å². The molecule has 0 bridgehead atoms. The summed E-state index contributed by atoms with van der Waals surface area (Å²) in [6.45, 7) is 1.69. The average molecular weight is 560 g/mol. The molecule has 10 nitrogen and oxygen atoms in total. The molecule has 1 saturated heterocycles. The molecule has 1 aromatic rings. The first-order chi connectivity index (χ1) is 19.2. The Morgan fingerprint density at radius 1 is 1.35 bits per heavy atom. The van der Waals surface area contributed by atoms with Gasteiger partial charge in [0.1, 0.15) is 23.9 Å². The van der Waals surface area contributed by atoms with Crippen LogP contribution in [0.3, 0.4) is 0 Å². The van der Waals surface area contributed by atoms with Crippen molar-refractivity contribution >= 4 is 18.2 Å². The van der Waals surface area contributed by atoms with Crippen molar-refractivity contribution in [3.05, 3.63) is 65.0 Å². The first kappa shape index (κ1) is 26.5. The number of hydrogen-bond acceptors (Lipinski definition) is 7. The molecule has 6 rings (SSSR count). The van der Waals surface area contributed by atoms with E-state index >= 15 is 0 Å². The van der Waals surface area contributed by atoms with E-state index in [1.165, 1.54) is 9.48 Å². The van der Waals surface area contributed by atoms with Crippen molar-refractivity contribution in [1.82, 2.24) is 25.4 Å². The van der Waals surface area contributed by atoms with Crippen LogP contribution in [-0.4, -0.2) is 83.2 Å². The van der Waals surface area contributed by atoms with Gasteiger partial charge in [-0.05, 0) is 24.1 Å². The summed E-state index contributed by atoms with van der Waals surface area (Å²) in [7, 11) is 1.63. The fourth-order valence-corrected chi connectivity index (χ4v) is 5.93. The number of rotatable bonds is 4. The third-order valence-corrected chi connectivity index (χ3v) is 8.07. The number of carbonyl (C=O) groups excluding carboxylic acids is 2. The lowest BCUT2D eigenvalue weighted by atomic mass is 9.81. The number of fused-ring (bicyclic) bond motifs is 2. The first-order valence-electron chi connectivity index (χ1n) is 13.2. The highest BCUT2D eigenvalue weighted by atomic mass is 19.4. The molecular formula is C27H30F3N6O4+. The number of halogens is 3. The third-order valence-electron chi connectivity index (χ3n) is 8.07. The van der Waals surface area contributed by atoms with Crippen LogP contribution in [0.1, 0.15) is 29.7 Å². The van der Waals surface area contributed by atoms with E-state index < -0.39 is 17.2 Å². The summed E-state index contributed by atoms with van der Waals surface area (Å²) in [5.41, 5.74) is 0.410. The number of ether oxygens (including phenoxy) is 2. The summed E-state index contributed by atoms with van der Waals surface area (Å²) in [5.74, 6) is -0.268. The van der Waals surface area contributed by atoms with Crippen LogP contribution in [-0.2, 0) is 33.4 Å². The van der Waals surface area contributed by atoms with Gasteiger partial charge in [0.05, 0.1) is 24.4 Å². The molecule has 40 heavy (non-hydrogen) atoms. The molecule has 0 aromatic carbocycles. The summed E-state index contributed by atoms with van der Waals surface area (Å²) in [6, 6.07) is 0.751. The molecule has 3 atom stereocenters. The molecule has 1 fully saturated rings. The number of urea groups is 1. The van der Waals surface area contributed by atoms with E-state index in [2.05, 4.69) is 15.6 Å². The molecule has 5 heterocycles. The van der Waals surface area contributed by atoms with Gasteiger partial charge in [0, 0.05) is 69.0 Å². The molecule has 1 aromatic heterocycles. The Morgan fingerprint density at radius 3 is 2.95 bits per heavy atom. The van der Waals surface area contributed by atoms with E-state index in [1.54, 1.807) is 36.8 Å². The summed E-state index contributed by atoms with van der Waals surface area (Å²) in [5, 5.41) is 6.48. The Kier molecular flexibility index (Phi) is 6.65. The van der Waals surface area contributed by atoms with Crippen LogP contribution in [0.2, 0.25) is 0 Å². The topological polar surface area (TPSA) is 99.0 Å². The van der Waals surface area contributed by atoms with Gasteiger partial charge in [-0.3, -0.25) is 9.78 Å². The van der Waals surface area contributed by atoms with Crippen molar-refractivity contribution in [3.63, 3.8) is 0 Å². The van der Waals surface area contributed by atoms with E-state index in [0.29, 0.717) is 49.7 Å². The molecule has 4 aliphatic heterocycles. The Hall–Kier alpha value is -3.71. The zero-order valence-electron chi connectivity index (χ0n) is 21.9. The second kappa shape index (κ2) is 10.0. The highest BCUT2D eigenvalue weighted by molar-refractivity contribution is 6.04. The Balaban J connectivity index is 1.29. The van der Waals surface area contributed by atoms with Gasteiger partial charge in [0.25, 0.3) is 0 Å². The summed E-state index contributed by atoms with van der Waals surface area (Å²) in [4.78, 5) is 34.5. The number of allylic oxidation sites excluding steroid dienone is 2. The second-order valence-corrected chi connectivity index (χ2v) is 10.6. The maximum atomic E-state index is 14.3. The number of amides is 3. The fraction of sp³-hybridized carbons (Fsp3) is 0.481. The lowest BCUT2D eigenvalue weighted by molar-refractivity contribution is -0.352. The highest BCUT2D eigenvalue weighted by Gasteiger charge is 2.53. The number of hydrogen-bond donors (Lipinski definition) is 2. The number of pyridine rings is 1. The van der Waals surface area contributed by atoms with Crippen molar-refractivity contribution in [3.8, 4) is 0 Å². The van der Waals surface area contributed by atoms with Gasteiger partial charge < -0.3 is 25.0 Å². The van der Waals surface area contributed by atoms with Gasteiger partial charge in [0.2, 0.25) is 5.91 Å². The van der Waals surface area contributed by atoms with Crippen molar-refractivity contribution < 1.29 is 36.8 Å². The Morgan fingerprint density at radius 2 is 2.20 bits per heavy atom. The van der Waals surface area contributed by atoms with Crippen LogP contribution in [0.25, 0.3) is 0 Å². The van der Waals surface area contributed by atoms with Crippen LogP contribution in [0, 0.1) is 5.41 Å². The molecule has 2 N–H and O–H groups in total. The molecule has 0 spiro atoms. The highest BCUT2D eigenvalue weighted by Crippen LogP contribution is 2.45. The molecule has 212 valence electrons. The molecule has 13 heteroatoms. The minimum Gasteiger partial charge on any atom is -0.383 e. The van der Waals surface area contributed by atoms with Crippen molar-refractivity contribution in [1.29, 1.82) is 0 Å². The fourth-order valence-electron chi connectivity index (χ4n) is 5.93. The maximum Gasteiger partial charge on any atom is 0.503 e. The van der Waals surface area contributed by atoms with Crippen LogP contribution in [0.5, 0.6) is 0 Å². The molecular weight excluding hydrogens is 529 g/mol. The molecule has 0 unspecified atom stereocenters. The van der Waals surface area contributed by atoms with Crippen LogP contribution in [0.4, 0.5) is 18.0 Å². The van der Waals surface area contributed by atoms with Crippen LogP contribution in [0.15, 0.2) is 48.2 Å². The number of alkyl halides is 3. The predicted molar refractivity (Wildman–Crippen MR) is 135 cm³/mol. The Bertz CT molecular complexity index is 1360. The number of aromatic nitrogens is 1. The quantitative estimate of drug-likeness (QED) is 0.546. The van der Waals surface area contributed by atoms with Gasteiger partial charge in [0.15, 0.2) is 6.67 Å². The largest absolute Gasteiger partial charge is 0.503 e. The summed E-state index contributed by atoms with van der Waals surface area (Å²) < 4.78 is 52.6. The van der Waals surface area contributed by atoms with Crippen molar-refractivity contribution in [2.24, 2.45) is 5.41 Å². The number of carbonyl (C=O) groups is 2. The van der Waals surface area contributed by atoms with Gasteiger partial charge in [-0.25, -0.2) is 0 Å². The normalized spacial score (nSPS) is 27.4. The second-order valence-electron chi connectivity index (χ2n) is 10.6. The minimum atomic E-state index is -4.53. The number of nitrogens with zero attached hydrogens (tertiary/aromatic N) is 4. The monoisotopic (exact) mass is 559 g/mol. The van der Waals surface area contributed by atoms with Crippen molar-refractivity contribution in [2.45, 2.75) is 44.1 Å². The lowest BCUT2D eigenvalue weighted by Gasteiger charge is -2.35. The zero-order valence-corrected chi connectivity index (χ0v) is 21.9. The van der Waals surface area contributed by atoms with E-state index in [4.69, 9.17) is 9.47 Å². The van der Waals surface area contributed by atoms with E-state index in [-0.39, 0.29) is 37.0 Å².